The van der Waals surface area contributed by atoms with Gasteiger partial charge in [0.15, 0.2) is 0 Å². The van der Waals surface area contributed by atoms with Crippen LogP contribution < -0.4 is 0 Å². The number of benzene rings is 1. The first kappa shape index (κ1) is 13.7. The van der Waals surface area contributed by atoms with Gasteiger partial charge in [0, 0.05) is 17.6 Å². The fraction of sp³-hybridized carbons (Fsp3) is 0.538. The van der Waals surface area contributed by atoms with Crippen LogP contribution in [-0.2, 0) is 6.42 Å². The van der Waals surface area contributed by atoms with Gasteiger partial charge in [-0.15, -0.1) is 0 Å². The molecule has 0 spiro atoms. The second-order valence-electron chi connectivity index (χ2n) is 4.11. The van der Waals surface area contributed by atoms with Crippen molar-refractivity contribution in [3.05, 3.63) is 34.3 Å². The van der Waals surface area contributed by atoms with Crippen molar-refractivity contribution in [3.63, 3.8) is 0 Å². The number of aliphatic hydroxyl groups is 1. The Morgan fingerprint density at radius 1 is 1.12 bits per heavy atom. The number of unbranched alkanes of at least 4 members (excludes halogenated alkanes) is 1. The van der Waals surface area contributed by atoms with E-state index in [0.717, 1.165) is 36.8 Å². The average Bonchev–Trinajstić information content (AvgIpc) is 2.29. The van der Waals surface area contributed by atoms with Gasteiger partial charge in [-0.3, -0.25) is 0 Å². The number of aliphatic hydroxyl groups excluding tert-OH is 1. The molecule has 0 aliphatic carbocycles. The third-order valence-electron chi connectivity index (χ3n) is 2.64. The zero-order valence-corrected chi connectivity index (χ0v) is 11.4. The molecule has 0 saturated heterocycles. The minimum absolute atomic E-state index is 0.306. The number of nitrogens with zero attached hydrogens (tertiary/aromatic N) is 1. The topological polar surface area (TPSA) is 23.5 Å². The Morgan fingerprint density at radius 2 is 1.81 bits per heavy atom. The number of hydrogen-bond donors (Lipinski definition) is 1. The zero-order chi connectivity index (χ0) is 11.8. The van der Waals surface area contributed by atoms with Crippen LogP contribution in [0.5, 0.6) is 0 Å². The molecule has 1 aromatic carbocycles. The van der Waals surface area contributed by atoms with Crippen LogP contribution in [0.3, 0.4) is 0 Å². The summed E-state index contributed by atoms with van der Waals surface area (Å²) in [7, 11) is 2.14. The Labute approximate surface area is 106 Å². The summed E-state index contributed by atoms with van der Waals surface area (Å²) >= 11 is 3.43. The first-order valence-corrected chi connectivity index (χ1v) is 6.55. The fourth-order valence-electron chi connectivity index (χ4n) is 1.58. The molecule has 1 N–H and O–H groups in total. The lowest BCUT2D eigenvalue weighted by Gasteiger charge is -2.16. The van der Waals surface area contributed by atoms with Gasteiger partial charge in [0.2, 0.25) is 0 Å². The Bertz CT molecular complexity index is 286. The van der Waals surface area contributed by atoms with Crippen molar-refractivity contribution in [2.45, 2.75) is 19.3 Å². The molecule has 0 unspecified atom stereocenters. The fourth-order valence-corrected chi connectivity index (χ4v) is 1.84. The predicted octanol–water partition coefficient (Wildman–Crippen LogP) is 2.70. The molecule has 16 heavy (non-hydrogen) atoms. The Kier molecular flexibility index (Phi) is 6.69. The summed E-state index contributed by atoms with van der Waals surface area (Å²) in [6.07, 6.45) is 3.07. The molecule has 1 rings (SSSR count). The van der Waals surface area contributed by atoms with E-state index in [9.17, 15) is 0 Å². The van der Waals surface area contributed by atoms with Gasteiger partial charge >= 0.3 is 0 Å². The van der Waals surface area contributed by atoms with Crippen molar-refractivity contribution >= 4 is 15.9 Å². The Balaban J connectivity index is 2.20. The summed E-state index contributed by atoms with van der Waals surface area (Å²) < 4.78 is 1.13. The number of likely N-dealkylation sites (N-methyl/N-ethyl adjacent to an activating group) is 1. The normalized spacial score (nSPS) is 11.0. The van der Waals surface area contributed by atoms with Gasteiger partial charge in [0.25, 0.3) is 0 Å². The van der Waals surface area contributed by atoms with Crippen molar-refractivity contribution in [2.24, 2.45) is 0 Å². The molecule has 1 aromatic rings. The van der Waals surface area contributed by atoms with Crippen LogP contribution in [0.1, 0.15) is 18.4 Å². The smallest absolute Gasteiger partial charge is 0.0431 e. The quantitative estimate of drug-likeness (QED) is 0.779. The Morgan fingerprint density at radius 3 is 2.44 bits per heavy atom. The standard InChI is InChI=1S/C13H20BrNO/c1-15(9-2-3-11-16)10-8-12-4-6-13(14)7-5-12/h4-7,16H,2-3,8-11H2,1H3. The monoisotopic (exact) mass is 285 g/mol. The molecule has 0 radical (unpaired) electrons. The van der Waals surface area contributed by atoms with Gasteiger partial charge in [-0.25, -0.2) is 0 Å². The highest BCUT2D eigenvalue weighted by molar-refractivity contribution is 9.10. The lowest BCUT2D eigenvalue weighted by atomic mass is 10.1. The molecular formula is C13H20BrNO. The number of halogens is 1. The van der Waals surface area contributed by atoms with Gasteiger partial charge in [-0.2, -0.15) is 0 Å². The maximum atomic E-state index is 8.69. The van der Waals surface area contributed by atoms with Crippen molar-refractivity contribution in [3.8, 4) is 0 Å². The molecular weight excluding hydrogens is 266 g/mol. The van der Waals surface area contributed by atoms with Gasteiger partial charge in [0.1, 0.15) is 0 Å². The first-order chi connectivity index (χ1) is 7.72. The van der Waals surface area contributed by atoms with E-state index in [1.54, 1.807) is 0 Å². The largest absolute Gasteiger partial charge is 0.396 e. The van der Waals surface area contributed by atoms with Crippen LogP contribution in [-0.4, -0.2) is 36.8 Å². The van der Waals surface area contributed by atoms with E-state index >= 15 is 0 Å². The summed E-state index contributed by atoms with van der Waals surface area (Å²) in [6.45, 7) is 2.45. The molecule has 0 atom stereocenters. The molecule has 0 aromatic heterocycles. The minimum Gasteiger partial charge on any atom is -0.396 e. The molecule has 0 fully saturated rings. The molecule has 0 heterocycles. The van der Waals surface area contributed by atoms with Crippen LogP contribution in [0.25, 0.3) is 0 Å². The summed E-state index contributed by atoms with van der Waals surface area (Å²) in [4.78, 5) is 2.32. The van der Waals surface area contributed by atoms with E-state index in [1.807, 2.05) is 0 Å². The Hall–Kier alpha value is -0.380. The van der Waals surface area contributed by atoms with Crippen LogP contribution in [0.4, 0.5) is 0 Å². The van der Waals surface area contributed by atoms with Crippen molar-refractivity contribution in [2.75, 3.05) is 26.7 Å². The lowest BCUT2D eigenvalue weighted by molar-refractivity contribution is 0.264. The maximum Gasteiger partial charge on any atom is 0.0431 e. The number of rotatable bonds is 7. The molecule has 0 bridgehead atoms. The molecule has 90 valence electrons. The molecule has 2 nitrogen and oxygen atoms in total. The summed E-state index contributed by atoms with van der Waals surface area (Å²) in [5.74, 6) is 0. The first-order valence-electron chi connectivity index (χ1n) is 5.76. The van der Waals surface area contributed by atoms with Gasteiger partial charge in [-0.1, -0.05) is 28.1 Å². The SMILES string of the molecule is CN(CCCCO)CCc1ccc(Br)cc1. The lowest BCUT2D eigenvalue weighted by Crippen LogP contribution is -2.22. The summed E-state index contributed by atoms with van der Waals surface area (Å²) in [5, 5.41) is 8.69. The van der Waals surface area contributed by atoms with Crippen molar-refractivity contribution in [1.82, 2.24) is 4.90 Å². The van der Waals surface area contributed by atoms with E-state index in [0.29, 0.717) is 6.61 Å². The highest BCUT2D eigenvalue weighted by Gasteiger charge is 1.99. The van der Waals surface area contributed by atoms with Crippen LogP contribution in [0.2, 0.25) is 0 Å². The van der Waals surface area contributed by atoms with Gasteiger partial charge < -0.3 is 10.0 Å². The molecule has 0 aliphatic heterocycles. The van der Waals surface area contributed by atoms with Crippen molar-refractivity contribution in [1.29, 1.82) is 0 Å². The second kappa shape index (κ2) is 7.82. The van der Waals surface area contributed by atoms with Crippen LogP contribution in [0, 0.1) is 0 Å². The third-order valence-corrected chi connectivity index (χ3v) is 3.17. The van der Waals surface area contributed by atoms with E-state index in [2.05, 4.69) is 52.1 Å². The van der Waals surface area contributed by atoms with Crippen LogP contribution >= 0.6 is 15.9 Å². The summed E-state index contributed by atoms with van der Waals surface area (Å²) in [6, 6.07) is 8.49. The van der Waals surface area contributed by atoms with Crippen molar-refractivity contribution < 1.29 is 5.11 Å². The highest BCUT2D eigenvalue weighted by Crippen LogP contribution is 2.11. The van der Waals surface area contributed by atoms with E-state index in [-0.39, 0.29) is 0 Å². The molecule has 3 heteroatoms. The maximum absolute atomic E-state index is 8.69. The molecule has 0 saturated carbocycles. The van der Waals surface area contributed by atoms with Gasteiger partial charge in [0.05, 0.1) is 0 Å². The molecule has 0 amide bonds. The molecule has 0 aliphatic rings. The third kappa shape index (κ3) is 5.64. The highest BCUT2D eigenvalue weighted by atomic mass is 79.9. The second-order valence-corrected chi connectivity index (χ2v) is 5.03. The van der Waals surface area contributed by atoms with Crippen LogP contribution in [0.15, 0.2) is 28.7 Å². The zero-order valence-electron chi connectivity index (χ0n) is 9.82. The van der Waals surface area contributed by atoms with E-state index < -0.39 is 0 Å². The summed E-state index contributed by atoms with van der Waals surface area (Å²) in [5.41, 5.74) is 1.37. The number of hydrogen-bond acceptors (Lipinski definition) is 2. The van der Waals surface area contributed by atoms with Gasteiger partial charge in [-0.05, 0) is 50.6 Å². The van der Waals surface area contributed by atoms with E-state index in [1.165, 1.54) is 5.56 Å². The van der Waals surface area contributed by atoms with E-state index in [4.69, 9.17) is 5.11 Å². The minimum atomic E-state index is 0.306. The predicted molar refractivity (Wildman–Crippen MR) is 71.7 cm³/mol. The average molecular weight is 286 g/mol.